The van der Waals surface area contributed by atoms with Crippen LogP contribution in [0.1, 0.15) is 5.56 Å². The maximum absolute atomic E-state index is 6.23. The number of methoxy groups -OCH3 is 1. The van der Waals surface area contributed by atoms with E-state index in [0.717, 1.165) is 17.9 Å². The average Bonchev–Trinajstić information content (AvgIpc) is 2.99. The molecule has 2 aromatic rings. The predicted octanol–water partition coefficient (Wildman–Crippen LogP) is 2.35. The second kappa shape index (κ2) is 8.67. The molecule has 0 saturated heterocycles. The normalized spacial score (nSPS) is 10.8. The van der Waals surface area contributed by atoms with E-state index in [0.29, 0.717) is 31.3 Å². The third kappa shape index (κ3) is 5.04. The topological polar surface area (TPSA) is 48.3 Å². The van der Waals surface area contributed by atoms with Gasteiger partial charge in [-0.2, -0.15) is 5.10 Å². The Bertz CT molecular complexity index is 532. The van der Waals surface area contributed by atoms with Crippen LogP contribution < -0.4 is 10.1 Å². The quantitative estimate of drug-likeness (QED) is 0.722. The smallest absolute Gasteiger partial charge is 0.142 e. The van der Waals surface area contributed by atoms with Crippen molar-refractivity contribution in [1.29, 1.82) is 0 Å². The lowest BCUT2D eigenvalue weighted by Crippen LogP contribution is -2.19. The Kier molecular flexibility index (Phi) is 6.53. The van der Waals surface area contributed by atoms with Gasteiger partial charge in [0.05, 0.1) is 18.2 Å². The molecule has 1 N–H and O–H groups in total. The van der Waals surface area contributed by atoms with E-state index in [2.05, 4.69) is 10.4 Å². The molecule has 0 amide bonds. The van der Waals surface area contributed by atoms with Gasteiger partial charge >= 0.3 is 0 Å². The molecular formula is C15H20ClN3O2. The lowest BCUT2D eigenvalue weighted by Gasteiger charge is -2.14. The van der Waals surface area contributed by atoms with E-state index in [-0.39, 0.29) is 0 Å². The lowest BCUT2D eigenvalue weighted by molar-refractivity contribution is 0.199. The molecule has 0 spiro atoms. The first-order valence-corrected chi connectivity index (χ1v) is 7.26. The number of halogens is 1. The third-order valence-electron chi connectivity index (χ3n) is 2.97. The van der Waals surface area contributed by atoms with Gasteiger partial charge < -0.3 is 14.8 Å². The van der Waals surface area contributed by atoms with Crippen LogP contribution >= 0.6 is 11.6 Å². The molecule has 114 valence electrons. The highest BCUT2D eigenvalue weighted by Gasteiger charge is 2.08. The van der Waals surface area contributed by atoms with Gasteiger partial charge in [-0.05, 0) is 12.1 Å². The first-order chi connectivity index (χ1) is 10.3. The minimum absolute atomic E-state index is 0.524. The number of aromatic nitrogens is 2. The summed E-state index contributed by atoms with van der Waals surface area (Å²) >= 11 is 6.23. The molecular weight excluding hydrogens is 290 g/mol. The first kappa shape index (κ1) is 15.8. The van der Waals surface area contributed by atoms with Crippen LogP contribution in [0.15, 0.2) is 36.7 Å². The number of rotatable bonds is 9. The second-order valence-corrected chi connectivity index (χ2v) is 4.92. The summed E-state index contributed by atoms with van der Waals surface area (Å²) in [5, 5.41) is 8.06. The Morgan fingerprint density at radius 3 is 2.95 bits per heavy atom. The monoisotopic (exact) mass is 309 g/mol. The van der Waals surface area contributed by atoms with Crippen LogP contribution in [-0.4, -0.2) is 36.6 Å². The zero-order chi connectivity index (χ0) is 14.9. The van der Waals surface area contributed by atoms with Gasteiger partial charge in [0.25, 0.3) is 0 Å². The van der Waals surface area contributed by atoms with Crippen LogP contribution in [0.3, 0.4) is 0 Å². The fourth-order valence-electron chi connectivity index (χ4n) is 1.93. The fourth-order valence-corrected chi connectivity index (χ4v) is 2.17. The largest absolute Gasteiger partial charge is 0.490 e. The predicted molar refractivity (Wildman–Crippen MR) is 82.8 cm³/mol. The fraction of sp³-hybridized carbons (Fsp3) is 0.400. The first-order valence-electron chi connectivity index (χ1n) is 6.88. The van der Waals surface area contributed by atoms with Crippen molar-refractivity contribution in [3.05, 3.63) is 47.2 Å². The summed E-state index contributed by atoms with van der Waals surface area (Å²) in [5.41, 5.74) is 1.04. The van der Waals surface area contributed by atoms with Crippen LogP contribution in [0.2, 0.25) is 5.02 Å². The summed E-state index contributed by atoms with van der Waals surface area (Å²) in [5.74, 6) is 0.733. The molecule has 0 unspecified atom stereocenters. The van der Waals surface area contributed by atoms with Crippen LogP contribution in [0.4, 0.5) is 0 Å². The van der Waals surface area contributed by atoms with Crippen molar-refractivity contribution in [3.63, 3.8) is 0 Å². The van der Waals surface area contributed by atoms with Gasteiger partial charge in [0.15, 0.2) is 0 Å². The molecule has 6 heteroatoms. The number of ether oxygens (including phenoxy) is 2. The van der Waals surface area contributed by atoms with Crippen LogP contribution in [0.5, 0.6) is 5.75 Å². The van der Waals surface area contributed by atoms with Crippen molar-refractivity contribution in [2.24, 2.45) is 0 Å². The molecule has 0 fully saturated rings. The summed E-state index contributed by atoms with van der Waals surface area (Å²) in [4.78, 5) is 0. The van der Waals surface area contributed by atoms with Crippen molar-refractivity contribution < 1.29 is 9.47 Å². The van der Waals surface area contributed by atoms with Gasteiger partial charge in [0.2, 0.25) is 0 Å². The highest BCUT2D eigenvalue weighted by atomic mass is 35.5. The van der Waals surface area contributed by atoms with Crippen molar-refractivity contribution in [1.82, 2.24) is 15.1 Å². The SMILES string of the molecule is COCCNCc1cccc(Cl)c1OCCn1cccn1. The van der Waals surface area contributed by atoms with E-state index in [1.54, 1.807) is 13.3 Å². The average molecular weight is 310 g/mol. The minimum atomic E-state index is 0.524. The highest BCUT2D eigenvalue weighted by Crippen LogP contribution is 2.28. The van der Waals surface area contributed by atoms with Gasteiger partial charge in [0, 0.05) is 38.2 Å². The summed E-state index contributed by atoms with van der Waals surface area (Å²) in [7, 11) is 1.69. The van der Waals surface area contributed by atoms with E-state index in [9.17, 15) is 0 Å². The number of hydrogen-bond acceptors (Lipinski definition) is 4. The molecule has 2 rings (SSSR count). The number of para-hydroxylation sites is 1. The van der Waals surface area contributed by atoms with Crippen LogP contribution in [0.25, 0.3) is 0 Å². The lowest BCUT2D eigenvalue weighted by atomic mass is 10.2. The summed E-state index contributed by atoms with van der Waals surface area (Å²) in [6.45, 7) is 3.37. The van der Waals surface area contributed by atoms with Crippen LogP contribution in [-0.2, 0) is 17.8 Å². The molecule has 0 saturated carbocycles. The molecule has 0 radical (unpaired) electrons. The maximum Gasteiger partial charge on any atom is 0.142 e. The Labute approximate surface area is 129 Å². The third-order valence-corrected chi connectivity index (χ3v) is 3.27. The van der Waals surface area contributed by atoms with Gasteiger partial charge in [-0.3, -0.25) is 4.68 Å². The Morgan fingerprint density at radius 2 is 2.19 bits per heavy atom. The number of nitrogens with one attached hydrogen (secondary N) is 1. The van der Waals surface area contributed by atoms with Crippen molar-refractivity contribution in [2.75, 3.05) is 26.9 Å². The van der Waals surface area contributed by atoms with Crippen LogP contribution in [0, 0.1) is 0 Å². The van der Waals surface area contributed by atoms with Gasteiger partial charge in [-0.15, -0.1) is 0 Å². The molecule has 0 aliphatic rings. The zero-order valence-corrected chi connectivity index (χ0v) is 12.8. The molecule has 0 aliphatic heterocycles. The van der Waals surface area contributed by atoms with E-state index >= 15 is 0 Å². The number of nitrogens with zero attached hydrogens (tertiary/aromatic N) is 2. The van der Waals surface area contributed by atoms with Crippen molar-refractivity contribution in [3.8, 4) is 5.75 Å². The summed E-state index contributed by atoms with van der Waals surface area (Å²) in [6, 6.07) is 7.66. The highest BCUT2D eigenvalue weighted by molar-refractivity contribution is 6.32. The van der Waals surface area contributed by atoms with Crippen molar-refractivity contribution in [2.45, 2.75) is 13.1 Å². The molecule has 1 aromatic heterocycles. The molecule has 0 aliphatic carbocycles. The minimum Gasteiger partial charge on any atom is -0.490 e. The molecule has 21 heavy (non-hydrogen) atoms. The molecule has 1 aromatic carbocycles. The summed E-state index contributed by atoms with van der Waals surface area (Å²) < 4.78 is 12.7. The molecule has 1 heterocycles. The van der Waals surface area contributed by atoms with E-state index in [1.807, 2.05) is 35.1 Å². The molecule has 5 nitrogen and oxygen atoms in total. The molecule has 0 bridgehead atoms. The molecule has 0 atom stereocenters. The standard InChI is InChI=1S/C15H20ClN3O2/c1-20-10-7-17-12-13-4-2-5-14(16)15(13)21-11-9-19-8-3-6-18-19/h2-6,8,17H,7,9-12H2,1H3. The van der Waals surface area contributed by atoms with Gasteiger partial charge in [-0.1, -0.05) is 23.7 Å². The Hall–Kier alpha value is -1.56. The van der Waals surface area contributed by atoms with Crippen molar-refractivity contribution >= 4 is 11.6 Å². The summed E-state index contributed by atoms with van der Waals surface area (Å²) in [6.07, 6.45) is 3.66. The van der Waals surface area contributed by atoms with E-state index in [4.69, 9.17) is 21.1 Å². The Balaban J connectivity index is 1.90. The number of benzene rings is 1. The van der Waals surface area contributed by atoms with Gasteiger partial charge in [0.1, 0.15) is 12.4 Å². The second-order valence-electron chi connectivity index (χ2n) is 4.52. The van der Waals surface area contributed by atoms with E-state index < -0.39 is 0 Å². The Morgan fingerprint density at radius 1 is 1.29 bits per heavy atom. The van der Waals surface area contributed by atoms with E-state index in [1.165, 1.54) is 0 Å². The number of hydrogen-bond donors (Lipinski definition) is 1. The van der Waals surface area contributed by atoms with Gasteiger partial charge in [-0.25, -0.2) is 0 Å². The zero-order valence-electron chi connectivity index (χ0n) is 12.1. The maximum atomic E-state index is 6.23.